The van der Waals surface area contributed by atoms with Crippen molar-refractivity contribution >= 4 is 36.9 Å². The van der Waals surface area contributed by atoms with E-state index in [2.05, 4.69) is 54.0 Å². The summed E-state index contributed by atoms with van der Waals surface area (Å²) in [6.45, 7) is 7.52. The van der Waals surface area contributed by atoms with E-state index in [0.717, 1.165) is 31.7 Å². The molecule has 1 aromatic rings. The van der Waals surface area contributed by atoms with Crippen molar-refractivity contribution in [2.24, 2.45) is 17.3 Å². The third-order valence-corrected chi connectivity index (χ3v) is 6.75. The molecule has 176 valence electrons. The molecule has 0 radical (unpaired) electrons. The predicted octanol–water partition coefficient (Wildman–Crippen LogP) is 5.56. The SMILES string of the molecule is CC/C(=C\c1ccccc1)C1CC1NCC1CCC(NCC(C)(C)C(=O)O)CC1.Cl.Cl. The van der Waals surface area contributed by atoms with Gasteiger partial charge in [0.2, 0.25) is 0 Å². The van der Waals surface area contributed by atoms with Crippen molar-refractivity contribution in [2.75, 3.05) is 13.1 Å². The van der Waals surface area contributed by atoms with Crippen LogP contribution < -0.4 is 10.6 Å². The number of carboxylic acid groups (broad SMARTS) is 1. The van der Waals surface area contributed by atoms with Gasteiger partial charge in [-0.25, -0.2) is 0 Å². The third kappa shape index (κ3) is 8.42. The minimum Gasteiger partial charge on any atom is -0.481 e. The molecular formula is C25H40Cl2N2O2. The molecule has 6 heteroatoms. The molecule has 0 aromatic heterocycles. The highest BCUT2D eigenvalue weighted by Crippen LogP contribution is 2.40. The Bertz CT molecular complexity index is 701. The maximum Gasteiger partial charge on any atom is 0.310 e. The molecule has 2 unspecified atom stereocenters. The Morgan fingerprint density at radius 3 is 2.32 bits per heavy atom. The summed E-state index contributed by atoms with van der Waals surface area (Å²) in [7, 11) is 0. The van der Waals surface area contributed by atoms with Crippen LogP contribution in [-0.4, -0.2) is 36.2 Å². The van der Waals surface area contributed by atoms with Gasteiger partial charge in [0.25, 0.3) is 0 Å². The monoisotopic (exact) mass is 470 g/mol. The molecule has 0 heterocycles. The Balaban J connectivity index is 0.00000240. The summed E-state index contributed by atoms with van der Waals surface area (Å²) in [5, 5.41) is 16.6. The average molecular weight is 472 g/mol. The Hall–Kier alpha value is -1.07. The first-order chi connectivity index (χ1) is 13.9. The van der Waals surface area contributed by atoms with Crippen LogP contribution in [0.1, 0.15) is 64.9 Å². The van der Waals surface area contributed by atoms with E-state index >= 15 is 0 Å². The molecule has 4 nitrogen and oxygen atoms in total. The molecule has 0 aliphatic heterocycles. The summed E-state index contributed by atoms with van der Waals surface area (Å²) >= 11 is 0. The lowest BCUT2D eigenvalue weighted by Crippen LogP contribution is -2.43. The van der Waals surface area contributed by atoms with Gasteiger partial charge in [0.15, 0.2) is 0 Å². The van der Waals surface area contributed by atoms with E-state index in [1.807, 2.05) is 0 Å². The van der Waals surface area contributed by atoms with Gasteiger partial charge in [-0.2, -0.15) is 0 Å². The van der Waals surface area contributed by atoms with E-state index in [9.17, 15) is 9.90 Å². The summed E-state index contributed by atoms with van der Waals surface area (Å²) < 4.78 is 0. The van der Waals surface area contributed by atoms with Gasteiger partial charge < -0.3 is 15.7 Å². The second-order valence-corrected chi connectivity index (χ2v) is 9.63. The topological polar surface area (TPSA) is 61.4 Å². The van der Waals surface area contributed by atoms with Gasteiger partial charge in [-0.1, -0.05) is 48.9 Å². The summed E-state index contributed by atoms with van der Waals surface area (Å²) in [6, 6.07) is 11.8. The lowest BCUT2D eigenvalue weighted by Gasteiger charge is -2.31. The highest BCUT2D eigenvalue weighted by Gasteiger charge is 2.39. The lowest BCUT2D eigenvalue weighted by molar-refractivity contribution is -0.146. The Morgan fingerprint density at radius 1 is 1.10 bits per heavy atom. The third-order valence-electron chi connectivity index (χ3n) is 6.75. The summed E-state index contributed by atoms with van der Waals surface area (Å²) in [6.07, 6.45) is 9.55. The number of halogens is 2. The van der Waals surface area contributed by atoms with Crippen molar-refractivity contribution in [2.45, 2.75) is 71.4 Å². The molecule has 1 aromatic carbocycles. The molecule has 0 amide bonds. The molecule has 2 saturated carbocycles. The van der Waals surface area contributed by atoms with E-state index in [1.54, 1.807) is 19.4 Å². The average Bonchev–Trinajstić information content (AvgIpc) is 3.50. The van der Waals surface area contributed by atoms with Crippen molar-refractivity contribution in [3.8, 4) is 0 Å². The van der Waals surface area contributed by atoms with Crippen LogP contribution in [0.4, 0.5) is 0 Å². The van der Waals surface area contributed by atoms with Crippen LogP contribution in [0.25, 0.3) is 6.08 Å². The molecule has 0 bridgehead atoms. The fourth-order valence-electron chi connectivity index (χ4n) is 4.43. The summed E-state index contributed by atoms with van der Waals surface area (Å²) in [5.74, 6) is 0.732. The van der Waals surface area contributed by atoms with E-state index in [0.29, 0.717) is 24.5 Å². The molecule has 3 N–H and O–H groups in total. The van der Waals surface area contributed by atoms with Crippen LogP contribution in [0.15, 0.2) is 35.9 Å². The number of aliphatic carboxylic acids is 1. The van der Waals surface area contributed by atoms with Crippen molar-refractivity contribution in [3.63, 3.8) is 0 Å². The van der Waals surface area contributed by atoms with Crippen LogP contribution in [0.5, 0.6) is 0 Å². The van der Waals surface area contributed by atoms with Gasteiger partial charge in [-0.3, -0.25) is 4.79 Å². The molecule has 0 spiro atoms. The fraction of sp³-hybridized carbons (Fsp3) is 0.640. The van der Waals surface area contributed by atoms with Gasteiger partial charge in [0, 0.05) is 18.6 Å². The first-order valence-corrected chi connectivity index (χ1v) is 11.3. The van der Waals surface area contributed by atoms with Gasteiger partial charge in [-0.05, 0) is 76.3 Å². The zero-order valence-corrected chi connectivity index (χ0v) is 20.7. The van der Waals surface area contributed by atoms with E-state index in [-0.39, 0.29) is 24.8 Å². The first-order valence-electron chi connectivity index (χ1n) is 11.3. The molecule has 2 aliphatic carbocycles. The van der Waals surface area contributed by atoms with Crippen LogP contribution in [0, 0.1) is 17.3 Å². The molecule has 2 atom stereocenters. The molecule has 2 fully saturated rings. The predicted molar refractivity (Wildman–Crippen MR) is 134 cm³/mol. The van der Waals surface area contributed by atoms with Crippen LogP contribution in [0.2, 0.25) is 0 Å². The molecule has 3 rings (SSSR count). The minimum atomic E-state index is -0.727. The highest BCUT2D eigenvalue weighted by molar-refractivity contribution is 5.85. The minimum absolute atomic E-state index is 0. The van der Waals surface area contributed by atoms with Crippen molar-refractivity contribution < 1.29 is 9.90 Å². The standard InChI is InChI=1S/C25H38N2O2.2ClH/c1-4-20(14-18-8-6-5-7-9-18)22-15-23(22)26-16-19-10-12-21(13-11-19)27-17-25(2,3)24(28)29;;/h5-9,14,19,21-23,26-27H,4,10-13,15-17H2,1-3H3,(H,28,29);2*1H/b20-14+;;. The molecule has 31 heavy (non-hydrogen) atoms. The molecule has 0 saturated heterocycles. The van der Waals surface area contributed by atoms with Gasteiger partial charge >= 0.3 is 5.97 Å². The van der Waals surface area contributed by atoms with Gasteiger partial charge in [-0.15, -0.1) is 24.8 Å². The van der Waals surface area contributed by atoms with Gasteiger partial charge in [0.05, 0.1) is 5.41 Å². The van der Waals surface area contributed by atoms with Crippen LogP contribution >= 0.6 is 24.8 Å². The Labute approximate surface area is 200 Å². The smallest absolute Gasteiger partial charge is 0.310 e. The highest BCUT2D eigenvalue weighted by atomic mass is 35.5. The number of rotatable bonds is 10. The second kappa shape index (κ2) is 12.8. The summed E-state index contributed by atoms with van der Waals surface area (Å²) in [4.78, 5) is 11.2. The normalized spacial score (nSPS) is 25.8. The van der Waals surface area contributed by atoms with E-state index < -0.39 is 11.4 Å². The largest absolute Gasteiger partial charge is 0.481 e. The molecular weight excluding hydrogens is 431 g/mol. The number of nitrogens with one attached hydrogen (secondary N) is 2. The number of carboxylic acids is 1. The quantitative estimate of drug-likeness (QED) is 0.418. The van der Waals surface area contributed by atoms with E-state index in [4.69, 9.17) is 0 Å². The van der Waals surface area contributed by atoms with Crippen molar-refractivity contribution in [1.29, 1.82) is 0 Å². The number of hydrogen-bond donors (Lipinski definition) is 3. The van der Waals surface area contributed by atoms with Crippen LogP contribution in [0.3, 0.4) is 0 Å². The lowest BCUT2D eigenvalue weighted by atomic mass is 9.85. The van der Waals surface area contributed by atoms with Crippen molar-refractivity contribution in [3.05, 3.63) is 41.5 Å². The van der Waals surface area contributed by atoms with E-state index in [1.165, 1.54) is 24.8 Å². The maximum atomic E-state index is 11.2. The summed E-state index contributed by atoms with van der Waals surface area (Å²) in [5.41, 5.74) is 2.19. The first kappa shape index (κ1) is 28.0. The second-order valence-electron chi connectivity index (χ2n) is 9.63. The number of carbonyl (C=O) groups is 1. The zero-order valence-electron chi connectivity index (χ0n) is 19.1. The van der Waals surface area contributed by atoms with Crippen LogP contribution in [-0.2, 0) is 4.79 Å². The van der Waals surface area contributed by atoms with Crippen molar-refractivity contribution in [1.82, 2.24) is 10.6 Å². The molecule has 2 aliphatic rings. The maximum absolute atomic E-state index is 11.2. The number of benzene rings is 1. The number of hydrogen-bond acceptors (Lipinski definition) is 3. The fourth-order valence-corrected chi connectivity index (χ4v) is 4.43. The zero-order chi connectivity index (χ0) is 20.9. The van der Waals surface area contributed by atoms with Gasteiger partial charge in [0.1, 0.15) is 0 Å². The Kier molecular flexibility index (Phi) is 11.6. The Morgan fingerprint density at radius 2 is 1.74 bits per heavy atom.